The van der Waals surface area contributed by atoms with Crippen LogP contribution in [0.15, 0.2) is 42.6 Å². The molecule has 0 aliphatic carbocycles. The Morgan fingerprint density at radius 1 is 1.33 bits per heavy atom. The van der Waals surface area contributed by atoms with Crippen LogP contribution < -0.4 is 9.64 Å². The van der Waals surface area contributed by atoms with Gasteiger partial charge in [-0.25, -0.2) is 9.37 Å². The lowest BCUT2D eigenvalue weighted by molar-refractivity contribution is -0.120. The van der Waals surface area contributed by atoms with Crippen LogP contribution in [0.3, 0.4) is 0 Å². The number of hydrogen-bond acceptors (Lipinski definition) is 3. The van der Waals surface area contributed by atoms with Crippen molar-refractivity contribution in [1.29, 1.82) is 0 Å². The predicted molar refractivity (Wildman–Crippen MR) is 76.9 cm³/mol. The molecule has 1 amide bonds. The van der Waals surface area contributed by atoms with Crippen molar-refractivity contribution in [1.82, 2.24) is 4.98 Å². The second kappa shape index (κ2) is 5.52. The highest BCUT2D eigenvalue weighted by Crippen LogP contribution is 2.35. The van der Waals surface area contributed by atoms with Crippen LogP contribution in [-0.2, 0) is 4.79 Å². The first-order valence-electron chi connectivity index (χ1n) is 6.78. The van der Waals surface area contributed by atoms with E-state index in [1.165, 1.54) is 23.2 Å². The van der Waals surface area contributed by atoms with E-state index in [1.54, 1.807) is 7.05 Å². The number of rotatable bonds is 2. The Labute approximate surface area is 122 Å². The number of halogens is 1. The molecule has 3 rings (SSSR count). The van der Waals surface area contributed by atoms with E-state index in [9.17, 15) is 9.18 Å². The highest BCUT2D eigenvalue weighted by molar-refractivity contribution is 5.97. The molecule has 1 atom stereocenters. The molecule has 1 aliphatic heterocycles. The van der Waals surface area contributed by atoms with Gasteiger partial charge in [-0.1, -0.05) is 18.2 Å². The predicted octanol–water partition coefficient (Wildman–Crippen LogP) is 2.75. The maximum Gasteiger partial charge on any atom is 0.235 e. The van der Waals surface area contributed by atoms with Gasteiger partial charge < -0.3 is 4.74 Å². The average molecular weight is 286 g/mol. The number of ether oxygens (including phenoxy) is 1. The zero-order valence-corrected chi connectivity index (χ0v) is 11.6. The van der Waals surface area contributed by atoms with E-state index in [2.05, 4.69) is 4.98 Å². The Kier molecular flexibility index (Phi) is 3.56. The third kappa shape index (κ3) is 2.46. The fraction of sp³-hybridized carbons (Fsp3) is 0.250. The molecular weight excluding hydrogens is 271 g/mol. The van der Waals surface area contributed by atoms with Gasteiger partial charge in [-0.15, -0.1) is 0 Å². The molecule has 108 valence electrons. The van der Waals surface area contributed by atoms with Crippen LogP contribution in [0.2, 0.25) is 0 Å². The van der Waals surface area contributed by atoms with Crippen LogP contribution >= 0.6 is 0 Å². The maximum absolute atomic E-state index is 13.8. The Hall–Kier alpha value is -2.43. The van der Waals surface area contributed by atoms with Gasteiger partial charge in [0.25, 0.3) is 0 Å². The van der Waals surface area contributed by atoms with Crippen molar-refractivity contribution in [3.8, 4) is 5.75 Å². The van der Waals surface area contributed by atoms with Gasteiger partial charge in [0.2, 0.25) is 5.91 Å². The summed E-state index contributed by atoms with van der Waals surface area (Å²) < 4.78 is 19.3. The minimum Gasteiger partial charge on any atom is -0.493 e. The fourth-order valence-electron chi connectivity index (χ4n) is 2.56. The molecule has 0 saturated heterocycles. The Morgan fingerprint density at radius 2 is 2.14 bits per heavy atom. The van der Waals surface area contributed by atoms with E-state index < -0.39 is 5.82 Å². The monoisotopic (exact) mass is 286 g/mol. The Balaban J connectivity index is 1.91. The zero-order chi connectivity index (χ0) is 14.8. The number of para-hydroxylation sites is 1. The minimum atomic E-state index is -0.506. The third-order valence-corrected chi connectivity index (χ3v) is 3.64. The molecule has 1 aromatic heterocycles. The van der Waals surface area contributed by atoms with Crippen molar-refractivity contribution < 1.29 is 13.9 Å². The number of likely N-dealkylation sites (N-methyl/N-ethyl adjacent to an activating group) is 1. The number of carbonyl (C=O) groups is 1. The molecule has 0 N–H and O–H groups in total. The van der Waals surface area contributed by atoms with Crippen molar-refractivity contribution in [3.05, 3.63) is 54.0 Å². The first-order valence-corrected chi connectivity index (χ1v) is 6.78. The normalized spacial score (nSPS) is 16.8. The van der Waals surface area contributed by atoms with E-state index in [1.807, 2.05) is 24.3 Å². The maximum atomic E-state index is 13.8. The smallest absolute Gasteiger partial charge is 0.235 e. The lowest BCUT2D eigenvalue weighted by Gasteiger charge is -2.28. The van der Waals surface area contributed by atoms with Gasteiger partial charge in [0.05, 0.1) is 12.5 Å². The number of benzene rings is 1. The number of nitrogens with zero attached hydrogens (tertiary/aromatic N) is 2. The van der Waals surface area contributed by atoms with E-state index in [0.29, 0.717) is 13.0 Å². The summed E-state index contributed by atoms with van der Waals surface area (Å²) in [7, 11) is 1.55. The number of pyridine rings is 1. The van der Waals surface area contributed by atoms with Crippen molar-refractivity contribution >= 4 is 11.7 Å². The topological polar surface area (TPSA) is 42.4 Å². The van der Waals surface area contributed by atoms with Crippen molar-refractivity contribution in [2.45, 2.75) is 12.3 Å². The molecule has 1 aliphatic rings. The molecular formula is C16H15FN2O2. The molecule has 1 unspecified atom stereocenters. The molecule has 21 heavy (non-hydrogen) atoms. The number of fused-ring (bicyclic) bond motifs is 1. The standard InChI is InChI=1S/C16H15FN2O2/c1-19(15-13(17)6-4-9-18-15)16(20)12-8-10-21-14-7-3-2-5-11(12)14/h2-7,9,12H,8,10H2,1H3. The molecule has 0 bridgehead atoms. The Bertz CT molecular complexity index is 675. The van der Waals surface area contributed by atoms with E-state index >= 15 is 0 Å². The molecule has 0 radical (unpaired) electrons. The van der Waals surface area contributed by atoms with Gasteiger partial charge in [-0.05, 0) is 24.6 Å². The quantitative estimate of drug-likeness (QED) is 0.852. The van der Waals surface area contributed by atoms with Gasteiger partial charge in [0, 0.05) is 18.8 Å². The molecule has 0 saturated carbocycles. The van der Waals surface area contributed by atoms with Gasteiger partial charge >= 0.3 is 0 Å². The summed E-state index contributed by atoms with van der Waals surface area (Å²) in [4.78, 5) is 17.9. The number of anilines is 1. The van der Waals surface area contributed by atoms with E-state index in [4.69, 9.17) is 4.74 Å². The summed E-state index contributed by atoms with van der Waals surface area (Å²) in [6.07, 6.45) is 2.05. The minimum absolute atomic E-state index is 0.0477. The molecule has 0 spiro atoms. The lowest BCUT2D eigenvalue weighted by Crippen LogP contribution is -2.35. The molecule has 2 aromatic rings. The summed E-state index contributed by atoms with van der Waals surface area (Å²) >= 11 is 0. The van der Waals surface area contributed by atoms with Gasteiger partial charge in [-0.3, -0.25) is 9.69 Å². The van der Waals surface area contributed by atoms with Crippen molar-refractivity contribution in [3.63, 3.8) is 0 Å². The summed E-state index contributed by atoms with van der Waals surface area (Å²) in [6, 6.07) is 10.3. The van der Waals surface area contributed by atoms with Gasteiger partial charge in [0.1, 0.15) is 5.75 Å². The molecule has 0 fully saturated rings. The number of hydrogen-bond donors (Lipinski definition) is 0. The van der Waals surface area contributed by atoms with Crippen LogP contribution in [-0.4, -0.2) is 24.5 Å². The molecule has 1 aromatic carbocycles. The van der Waals surface area contributed by atoms with Crippen LogP contribution in [0, 0.1) is 5.82 Å². The Morgan fingerprint density at radius 3 is 2.95 bits per heavy atom. The highest BCUT2D eigenvalue weighted by Gasteiger charge is 2.31. The lowest BCUT2D eigenvalue weighted by atomic mass is 9.92. The van der Waals surface area contributed by atoms with Crippen molar-refractivity contribution in [2.24, 2.45) is 0 Å². The zero-order valence-electron chi connectivity index (χ0n) is 11.6. The largest absolute Gasteiger partial charge is 0.493 e. The van der Waals surface area contributed by atoms with Gasteiger partial charge in [0.15, 0.2) is 11.6 Å². The van der Waals surface area contributed by atoms with Crippen LogP contribution in [0.25, 0.3) is 0 Å². The van der Waals surface area contributed by atoms with Crippen LogP contribution in [0.4, 0.5) is 10.2 Å². The first-order chi connectivity index (χ1) is 10.2. The number of aromatic nitrogens is 1. The summed E-state index contributed by atoms with van der Waals surface area (Å²) in [6.45, 7) is 0.478. The van der Waals surface area contributed by atoms with E-state index in [-0.39, 0.29) is 17.6 Å². The fourth-order valence-corrected chi connectivity index (χ4v) is 2.56. The average Bonchev–Trinajstić information content (AvgIpc) is 2.53. The molecule has 5 heteroatoms. The second-order valence-corrected chi connectivity index (χ2v) is 4.93. The molecule has 4 nitrogen and oxygen atoms in total. The summed E-state index contributed by atoms with van der Waals surface area (Å²) in [5, 5.41) is 0. The van der Waals surface area contributed by atoms with E-state index in [0.717, 1.165) is 11.3 Å². The second-order valence-electron chi connectivity index (χ2n) is 4.93. The van der Waals surface area contributed by atoms with Crippen LogP contribution in [0.1, 0.15) is 17.9 Å². The number of carbonyl (C=O) groups excluding carboxylic acids is 1. The van der Waals surface area contributed by atoms with Crippen molar-refractivity contribution in [2.75, 3.05) is 18.6 Å². The summed E-state index contributed by atoms with van der Waals surface area (Å²) in [5.41, 5.74) is 0.844. The van der Waals surface area contributed by atoms with Gasteiger partial charge in [-0.2, -0.15) is 0 Å². The highest BCUT2D eigenvalue weighted by atomic mass is 19.1. The number of amides is 1. The molecule has 2 heterocycles. The van der Waals surface area contributed by atoms with Crippen LogP contribution in [0.5, 0.6) is 5.75 Å². The third-order valence-electron chi connectivity index (χ3n) is 3.64. The SMILES string of the molecule is CN(C(=O)C1CCOc2ccccc21)c1ncccc1F. The summed E-state index contributed by atoms with van der Waals surface area (Å²) in [5.74, 6) is -0.248. The first kappa shape index (κ1) is 13.5.